The molecule has 0 spiro atoms. The van der Waals surface area contributed by atoms with Crippen LogP contribution in [0.5, 0.6) is 0 Å². The first-order chi connectivity index (χ1) is 9.73. The average molecular weight is 314 g/mol. The SMILES string of the molecule is CC1(C)OB(C(CSC(F)F)c2ccccc2)OC1(C)C. The van der Waals surface area contributed by atoms with Crippen molar-refractivity contribution in [3.05, 3.63) is 35.9 Å². The van der Waals surface area contributed by atoms with E-state index in [9.17, 15) is 8.78 Å². The second-order valence-electron chi connectivity index (χ2n) is 6.24. The third-order valence-corrected chi connectivity index (χ3v) is 5.03. The predicted molar refractivity (Wildman–Crippen MR) is 83.7 cm³/mol. The van der Waals surface area contributed by atoms with Crippen molar-refractivity contribution in [2.45, 2.75) is 50.5 Å². The summed E-state index contributed by atoms with van der Waals surface area (Å²) >= 11 is 0.628. The maximum Gasteiger partial charge on any atom is 0.466 e. The molecular formula is C15H21BF2O2S. The van der Waals surface area contributed by atoms with Gasteiger partial charge in [-0.3, -0.25) is 0 Å². The van der Waals surface area contributed by atoms with E-state index >= 15 is 0 Å². The molecule has 1 aromatic carbocycles. The summed E-state index contributed by atoms with van der Waals surface area (Å²) < 4.78 is 37.2. The van der Waals surface area contributed by atoms with Crippen LogP contribution in [-0.4, -0.2) is 29.8 Å². The van der Waals surface area contributed by atoms with Crippen LogP contribution in [0.2, 0.25) is 0 Å². The second kappa shape index (κ2) is 6.27. The van der Waals surface area contributed by atoms with E-state index in [0.717, 1.165) is 5.56 Å². The topological polar surface area (TPSA) is 18.5 Å². The molecule has 116 valence electrons. The fraction of sp³-hybridized carbons (Fsp3) is 0.600. The molecule has 2 nitrogen and oxygen atoms in total. The number of benzene rings is 1. The molecule has 0 amide bonds. The highest BCUT2D eigenvalue weighted by atomic mass is 32.2. The number of rotatable bonds is 5. The molecule has 21 heavy (non-hydrogen) atoms. The van der Waals surface area contributed by atoms with E-state index in [-0.39, 0.29) is 11.6 Å². The van der Waals surface area contributed by atoms with Crippen LogP contribution in [-0.2, 0) is 9.31 Å². The molecular weight excluding hydrogens is 293 g/mol. The van der Waals surface area contributed by atoms with E-state index in [0.29, 0.717) is 11.8 Å². The van der Waals surface area contributed by atoms with Crippen LogP contribution >= 0.6 is 11.8 Å². The summed E-state index contributed by atoms with van der Waals surface area (Å²) in [4.78, 5) is 0. The molecule has 1 fully saturated rings. The first-order valence-corrected chi connectivity index (χ1v) is 8.08. The highest BCUT2D eigenvalue weighted by Gasteiger charge is 2.53. The molecule has 2 rings (SSSR count). The summed E-state index contributed by atoms with van der Waals surface area (Å²) in [6, 6.07) is 9.58. The summed E-state index contributed by atoms with van der Waals surface area (Å²) in [7, 11) is -0.511. The van der Waals surface area contributed by atoms with Crippen molar-refractivity contribution in [3.8, 4) is 0 Å². The molecule has 6 heteroatoms. The summed E-state index contributed by atoms with van der Waals surface area (Å²) in [5.41, 5.74) is 0.0459. The largest absolute Gasteiger partial charge is 0.466 e. The first-order valence-electron chi connectivity index (χ1n) is 7.03. The summed E-state index contributed by atoms with van der Waals surface area (Å²) in [5, 5.41) is 0. The minimum atomic E-state index is -2.39. The lowest BCUT2D eigenvalue weighted by Crippen LogP contribution is -2.41. The lowest BCUT2D eigenvalue weighted by atomic mass is 9.69. The molecule has 0 radical (unpaired) electrons. The summed E-state index contributed by atoms with van der Waals surface area (Å²) in [6.45, 7) is 7.87. The molecule has 1 aromatic rings. The predicted octanol–water partition coefficient (Wildman–Crippen LogP) is 4.36. The van der Waals surface area contributed by atoms with Gasteiger partial charge >= 0.3 is 7.12 Å². The Morgan fingerprint density at radius 1 is 1.05 bits per heavy atom. The van der Waals surface area contributed by atoms with Crippen LogP contribution in [0.15, 0.2) is 30.3 Å². The maximum absolute atomic E-state index is 12.6. The quantitative estimate of drug-likeness (QED) is 0.753. The van der Waals surface area contributed by atoms with Crippen molar-refractivity contribution in [1.29, 1.82) is 0 Å². The first kappa shape index (κ1) is 16.8. The van der Waals surface area contributed by atoms with E-state index in [1.165, 1.54) is 0 Å². The number of halogens is 2. The highest BCUT2D eigenvalue weighted by molar-refractivity contribution is 7.99. The van der Waals surface area contributed by atoms with E-state index < -0.39 is 24.1 Å². The van der Waals surface area contributed by atoms with Gasteiger partial charge in [0.15, 0.2) is 0 Å². The Hall–Kier alpha value is -0.585. The molecule has 1 heterocycles. The van der Waals surface area contributed by atoms with Crippen LogP contribution in [0.1, 0.15) is 39.1 Å². The highest BCUT2D eigenvalue weighted by Crippen LogP contribution is 2.41. The van der Waals surface area contributed by atoms with Gasteiger partial charge in [-0.2, -0.15) is 8.78 Å². The number of hydrogen-bond acceptors (Lipinski definition) is 3. The zero-order valence-corrected chi connectivity index (χ0v) is 13.6. The van der Waals surface area contributed by atoms with Crippen LogP contribution in [0, 0.1) is 0 Å². The van der Waals surface area contributed by atoms with Gasteiger partial charge in [0.2, 0.25) is 0 Å². The van der Waals surface area contributed by atoms with Crippen molar-refractivity contribution in [2.24, 2.45) is 0 Å². The van der Waals surface area contributed by atoms with Crippen molar-refractivity contribution in [3.63, 3.8) is 0 Å². The van der Waals surface area contributed by atoms with Crippen molar-refractivity contribution < 1.29 is 18.1 Å². The minimum absolute atomic E-state index is 0.216. The van der Waals surface area contributed by atoms with Gasteiger partial charge in [-0.25, -0.2) is 0 Å². The third kappa shape index (κ3) is 3.79. The van der Waals surface area contributed by atoms with Gasteiger partial charge < -0.3 is 9.31 Å². The van der Waals surface area contributed by atoms with Gasteiger partial charge in [-0.15, -0.1) is 0 Å². The Bertz CT molecular complexity index is 452. The Morgan fingerprint density at radius 3 is 2.05 bits per heavy atom. The van der Waals surface area contributed by atoms with Crippen molar-refractivity contribution in [2.75, 3.05) is 5.75 Å². The molecule has 1 aliphatic heterocycles. The Morgan fingerprint density at radius 2 is 1.57 bits per heavy atom. The number of alkyl halides is 2. The molecule has 0 saturated carbocycles. The van der Waals surface area contributed by atoms with E-state index in [4.69, 9.17) is 9.31 Å². The van der Waals surface area contributed by atoms with E-state index in [1.807, 2.05) is 58.0 Å². The molecule has 1 aliphatic rings. The number of thioether (sulfide) groups is 1. The summed E-state index contributed by atoms with van der Waals surface area (Å²) in [5.74, 6) is -2.34. The third-order valence-electron chi connectivity index (χ3n) is 4.23. The molecule has 1 saturated heterocycles. The van der Waals surface area contributed by atoms with Gasteiger partial charge in [-0.05, 0) is 33.3 Å². The van der Waals surface area contributed by atoms with Gasteiger partial charge in [0.05, 0.1) is 11.2 Å². The molecule has 0 aromatic heterocycles. The lowest BCUT2D eigenvalue weighted by molar-refractivity contribution is 0.00578. The molecule has 0 bridgehead atoms. The standard InChI is InChI=1S/C15H21BF2O2S/c1-14(2)15(3,4)20-16(19-14)12(10-21-13(17)18)11-8-6-5-7-9-11/h5-9,12-13H,10H2,1-4H3. The summed E-state index contributed by atoms with van der Waals surface area (Å²) in [6.07, 6.45) is 0. The van der Waals surface area contributed by atoms with E-state index in [1.54, 1.807) is 0 Å². The van der Waals surface area contributed by atoms with Crippen LogP contribution in [0.4, 0.5) is 8.78 Å². The Labute approximate surface area is 129 Å². The smallest absolute Gasteiger partial charge is 0.403 e. The lowest BCUT2D eigenvalue weighted by Gasteiger charge is -2.32. The van der Waals surface area contributed by atoms with Gasteiger partial charge in [0.1, 0.15) is 0 Å². The van der Waals surface area contributed by atoms with Crippen LogP contribution in [0.3, 0.4) is 0 Å². The van der Waals surface area contributed by atoms with Gasteiger partial charge in [-0.1, -0.05) is 42.1 Å². The zero-order valence-electron chi connectivity index (χ0n) is 12.8. The van der Waals surface area contributed by atoms with Crippen molar-refractivity contribution in [1.82, 2.24) is 0 Å². The van der Waals surface area contributed by atoms with Crippen LogP contribution in [0.25, 0.3) is 0 Å². The minimum Gasteiger partial charge on any atom is -0.403 e. The van der Waals surface area contributed by atoms with Crippen molar-refractivity contribution >= 4 is 18.9 Å². The fourth-order valence-corrected chi connectivity index (χ4v) is 2.96. The van der Waals surface area contributed by atoms with E-state index in [2.05, 4.69) is 0 Å². The molecule has 0 N–H and O–H groups in total. The molecule has 1 unspecified atom stereocenters. The fourth-order valence-electron chi connectivity index (χ4n) is 2.26. The average Bonchev–Trinajstić information content (AvgIpc) is 2.59. The number of hydrogen-bond donors (Lipinski definition) is 0. The van der Waals surface area contributed by atoms with Gasteiger partial charge in [0.25, 0.3) is 5.76 Å². The monoisotopic (exact) mass is 314 g/mol. The van der Waals surface area contributed by atoms with Gasteiger partial charge in [0, 0.05) is 11.6 Å². The maximum atomic E-state index is 12.6. The normalized spacial score (nSPS) is 21.8. The molecule has 1 atom stereocenters. The molecule has 0 aliphatic carbocycles. The van der Waals surface area contributed by atoms with Crippen LogP contribution < -0.4 is 0 Å². The Balaban J connectivity index is 2.21. The zero-order chi connectivity index (χ0) is 15.7. The Kier molecular flexibility index (Phi) is 5.01. The second-order valence-corrected chi connectivity index (χ2v) is 7.26.